The van der Waals surface area contributed by atoms with Crippen molar-refractivity contribution in [3.63, 3.8) is 0 Å². The average Bonchev–Trinajstić information content (AvgIpc) is 3.62. The summed E-state index contributed by atoms with van der Waals surface area (Å²) in [4.78, 5) is 33.9. The summed E-state index contributed by atoms with van der Waals surface area (Å²) in [5.41, 5.74) is 3.04. The fraction of sp³-hybridized carbons (Fsp3) is 0.364. The van der Waals surface area contributed by atoms with Crippen LogP contribution in [0.1, 0.15) is 24.8 Å². The van der Waals surface area contributed by atoms with Crippen LogP contribution in [-0.2, 0) is 11.3 Å². The second-order valence-electron chi connectivity index (χ2n) is 8.08. The van der Waals surface area contributed by atoms with Crippen molar-refractivity contribution in [2.24, 2.45) is 11.8 Å². The number of carbonyl (C=O) groups excluding carboxylic acids is 1. The number of pyridine rings is 3. The predicted octanol–water partition coefficient (Wildman–Crippen LogP) is 3.47. The fourth-order valence-corrected chi connectivity index (χ4v) is 3.67. The van der Waals surface area contributed by atoms with Crippen molar-refractivity contribution in [2.75, 3.05) is 5.32 Å². The summed E-state index contributed by atoms with van der Waals surface area (Å²) in [6.45, 7) is 2.59. The van der Waals surface area contributed by atoms with E-state index in [-0.39, 0.29) is 17.9 Å². The molecule has 3 aromatic heterocycles. The maximum absolute atomic E-state index is 13.4. The van der Waals surface area contributed by atoms with E-state index >= 15 is 0 Å². The molecule has 1 amide bonds. The zero-order valence-electron chi connectivity index (χ0n) is 16.1. The SMILES string of the molecule is Cc1ccncc1-c1cc2cnc(NC(=O)[C@@H]3C[C@@H]3F)cc2n(CC2CC2)c1=O. The topological polar surface area (TPSA) is 76.9 Å². The van der Waals surface area contributed by atoms with Gasteiger partial charge in [0.25, 0.3) is 5.56 Å². The van der Waals surface area contributed by atoms with Crippen LogP contribution in [0.25, 0.3) is 22.0 Å². The number of anilines is 1. The van der Waals surface area contributed by atoms with Gasteiger partial charge in [0, 0.05) is 47.7 Å². The van der Waals surface area contributed by atoms with Crippen molar-refractivity contribution in [2.45, 2.75) is 38.9 Å². The molecule has 3 heterocycles. The predicted molar refractivity (Wildman–Crippen MR) is 108 cm³/mol. The van der Waals surface area contributed by atoms with Gasteiger partial charge in [0.2, 0.25) is 5.91 Å². The highest BCUT2D eigenvalue weighted by Crippen LogP contribution is 2.35. The highest BCUT2D eigenvalue weighted by Gasteiger charge is 2.43. The van der Waals surface area contributed by atoms with Gasteiger partial charge in [0.15, 0.2) is 0 Å². The molecule has 2 atom stereocenters. The third-order valence-corrected chi connectivity index (χ3v) is 5.75. The molecule has 0 unspecified atom stereocenters. The van der Waals surface area contributed by atoms with Gasteiger partial charge < -0.3 is 9.88 Å². The standard InChI is InChI=1S/C22H21FN4O2/c1-12-4-5-24-10-17(12)15-6-14-9-25-20(26-21(28)16-7-18(16)23)8-19(14)27(22(15)29)11-13-2-3-13/h4-6,8-10,13,16,18H,2-3,7,11H2,1H3,(H,25,26,28)/t16-,18+/m1/s1. The van der Waals surface area contributed by atoms with E-state index in [0.717, 1.165) is 34.9 Å². The van der Waals surface area contributed by atoms with Crippen molar-refractivity contribution < 1.29 is 9.18 Å². The lowest BCUT2D eigenvalue weighted by molar-refractivity contribution is -0.117. The highest BCUT2D eigenvalue weighted by molar-refractivity contribution is 5.95. The molecule has 148 valence electrons. The Morgan fingerprint density at radius 1 is 1.28 bits per heavy atom. The Balaban J connectivity index is 1.61. The van der Waals surface area contributed by atoms with Gasteiger partial charge in [-0.25, -0.2) is 9.37 Å². The van der Waals surface area contributed by atoms with Crippen LogP contribution in [0, 0.1) is 18.8 Å². The number of carbonyl (C=O) groups is 1. The van der Waals surface area contributed by atoms with Gasteiger partial charge >= 0.3 is 0 Å². The van der Waals surface area contributed by atoms with Gasteiger partial charge in [-0.1, -0.05) is 0 Å². The number of hydrogen-bond donors (Lipinski definition) is 1. The number of aryl methyl sites for hydroxylation is 1. The number of hydrogen-bond acceptors (Lipinski definition) is 4. The molecular formula is C22H21FN4O2. The van der Waals surface area contributed by atoms with Crippen LogP contribution >= 0.6 is 0 Å². The Morgan fingerprint density at radius 3 is 2.76 bits per heavy atom. The van der Waals surface area contributed by atoms with E-state index in [1.165, 1.54) is 0 Å². The quantitative estimate of drug-likeness (QED) is 0.721. The molecule has 2 fully saturated rings. The van der Waals surface area contributed by atoms with Gasteiger partial charge in [-0.05, 0) is 49.8 Å². The minimum absolute atomic E-state index is 0.0741. The summed E-state index contributed by atoms with van der Waals surface area (Å²) in [5, 5.41) is 3.50. The van der Waals surface area contributed by atoms with Crippen LogP contribution in [0.4, 0.5) is 10.2 Å². The van der Waals surface area contributed by atoms with Crippen LogP contribution in [0.15, 0.2) is 41.6 Å². The van der Waals surface area contributed by atoms with Crippen molar-refractivity contribution in [3.05, 3.63) is 52.7 Å². The molecule has 6 nitrogen and oxygen atoms in total. The van der Waals surface area contributed by atoms with Crippen LogP contribution in [-0.4, -0.2) is 26.6 Å². The number of halogens is 1. The van der Waals surface area contributed by atoms with E-state index in [0.29, 0.717) is 23.8 Å². The summed E-state index contributed by atoms with van der Waals surface area (Å²) in [6, 6.07) is 5.44. The zero-order valence-corrected chi connectivity index (χ0v) is 16.1. The maximum Gasteiger partial charge on any atom is 0.258 e. The Morgan fingerprint density at radius 2 is 2.07 bits per heavy atom. The number of rotatable bonds is 5. The van der Waals surface area contributed by atoms with Crippen LogP contribution < -0.4 is 10.9 Å². The third-order valence-electron chi connectivity index (χ3n) is 5.75. The van der Waals surface area contributed by atoms with Crippen LogP contribution in [0.5, 0.6) is 0 Å². The number of fused-ring (bicyclic) bond motifs is 1. The lowest BCUT2D eigenvalue weighted by Gasteiger charge is -2.15. The molecule has 2 aliphatic rings. The van der Waals surface area contributed by atoms with E-state index < -0.39 is 12.1 Å². The number of nitrogens with zero attached hydrogens (tertiary/aromatic N) is 3. The number of alkyl halides is 1. The Kier molecular flexibility index (Phi) is 4.19. The molecule has 0 aliphatic heterocycles. The average molecular weight is 392 g/mol. The Labute approximate surface area is 166 Å². The van der Waals surface area contributed by atoms with Crippen LogP contribution in [0.3, 0.4) is 0 Å². The monoisotopic (exact) mass is 392 g/mol. The number of amides is 1. The molecule has 3 aromatic rings. The Hall–Kier alpha value is -3.09. The van der Waals surface area contributed by atoms with E-state index in [1.807, 2.05) is 19.1 Å². The van der Waals surface area contributed by atoms with Crippen LogP contribution in [0.2, 0.25) is 0 Å². The normalized spacial score (nSPS) is 20.6. The molecule has 0 radical (unpaired) electrons. The van der Waals surface area contributed by atoms with Gasteiger partial charge in [0.05, 0.1) is 11.4 Å². The molecule has 0 spiro atoms. The van der Waals surface area contributed by atoms with Gasteiger partial charge in [-0.2, -0.15) is 0 Å². The number of nitrogens with one attached hydrogen (secondary N) is 1. The second-order valence-corrected chi connectivity index (χ2v) is 8.08. The summed E-state index contributed by atoms with van der Waals surface area (Å²) in [7, 11) is 0. The van der Waals surface area contributed by atoms with E-state index in [2.05, 4.69) is 15.3 Å². The van der Waals surface area contributed by atoms with Crippen molar-refractivity contribution in [3.8, 4) is 11.1 Å². The van der Waals surface area contributed by atoms with E-state index in [1.54, 1.807) is 29.2 Å². The van der Waals surface area contributed by atoms with Gasteiger partial charge in [0.1, 0.15) is 12.0 Å². The lowest BCUT2D eigenvalue weighted by Crippen LogP contribution is -2.24. The first kappa shape index (κ1) is 18.0. The van der Waals surface area contributed by atoms with Crippen molar-refractivity contribution >= 4 is 22.6 Å². The second kappa shape index (κ2) is 6.76. The summed E-state index contributed by atoms with van der Waals surface area (Å²) < 4.78 is 14.9. The van der Waals surface area contributed by atoms with Crippen molar-refractivity contribution in [1.29, 1.82) is 0 Å². The summed E-state index contributed by atoms with van der Waals surface area (Å²) >= 11 is 0. The molecule has 0 saturated heterocycles. The fourth-order valence-electron chi connectivity index (χ4n) is 3.67. The summed E-state index contributed by atoms with van der Waals surface area (Å²) in [6.07, 6.45) is 6.50. The smallest absolute Gasteiger partial charge is 0.258 e. The Bertz CT molecular complexity index is 1190. The first-order chi connectivity index (χ1) is 14.0. The molecule has 0 aromatic carbocycles. The minimum Gasteiger partial charge on any atom is -0.310 e. The molecule has 2 saturated carbocycles. The molecule has 29 heavy (non-hydrogen) atoms. The van der Waals surface area contributed by atoms with Crippen molar-refractivity contribution in [1.82, 2.24) is 14.5 Å². The van der Waals surface area contributed by atoms with E-state index in [9.17, 15) is 14.0 Å². The number of aromatic nitrogens is 3. The largest absolute Gasteiger partial charge is 0.310 e. The van der Waals surface area contributed by atoms with Gasteiger partial charge in [-0.15, -0.1) is 0 Å². The maximum atomic E-state index is 13.4. The lowest BCUT2D eigenvalue weighted by atomic mass is 10.0. The molecule has 1 N–H and O–H groups in total. The minimum atomic E-state index is -1.06. The summed E-state index contributed by atoms with van der Waals surface area (Å²) in [5.74, 6) is -0.109. The molecule has 7 heteroatoms. The zero-order chi connectivity index (χ0) is 20.1. The van der Waals surface area contributed by atoms with Gasteiger partial charge in [-0.3, -0.25) is 14.6 Å². The molecule has 2 aliphatic carbocycles. The molecule has 0 bridgehead atoms. The third kappa shape index (κ3) is 3.41. The first-order valence-corrected chi connectivity index (χ1v) is 9.91. The highest BCUT2D eigenvalue weighted by atomic mass is 19.1. The molecule has 5 rings (SSSR count). The van der Waals surface area contributed by atoms with E-state index in [4.69, 9.17) is 0 Å². The first-order valence-electron chi connectivity index (χ1n) is 9.91. The molecular weight excluding hydrogens is 371 g/mol.